The molecule has 3 aromatic rings. The van der Waals surface area contributed by atoms with Gasteiger partial charge < -0.3 is 0 Å². The molecule has 4 nitrogen and oxygen atoms in total. The van der Waals surface area contributed by atoms with Gasteiger partial charge in [0.05, 0.1) is 17.4 Å². The molecule has 108 valence electrons. The number of rotatable bonds is 4. The van der Waals surface area contributed by atoms with E-state index in [1.807, 2.05) is 11.7 Å². The SMILES string of the molecule is CCc1cc(C(NN)c2cccc3ccccc23)n(C)n1. The van der Waals surface area contributed by atoms with E-state index in [1.165, 1.54) is 16.3 Å². The lowest BCUT2D eigenvalue weighted by Crippen LogP contribution is -2.30. The maximum atomic E-state index is 5.86. The van der Waals surface area contributed by atoms with E-state index in [9.17, 15) is 0 Å². The van der Waals surface area contributed by atoms with Crippen molar-refractivity contribution in [1.29, 1.82) is 0 Å². The van der Waals surface area contributed by atoms with Crippen molar-refractivity contribution in [3.8, 4) is 0 Å². The highest BCUT2D eigenvalue weighted by molar-refractivity contribution is 5.86. The van der Waals surface area contributed by atoms with E-state index in [0.717, 1.165) is 17.8 Å². The molecule has 1 heterocycles. The molecule has 2 aromatic carbocycles. The zero-order valence-corrected chi connectivity index (χ0v) is 12.4. The van der Waals surface area contributed by atoms with Crippen molar-refractivity contribution in [2.75, 3.05) is 0 Å². The molecule has 0 saturated heterocycles. The molecular weight excluding hydrogens is 260 g/mol. The Morgan fingerprint density at radius 2 is 1.95 bits per heavy atom. The molecule has 0 saturated carbocycles. The predicted molar refractivity (Wildman–Crippen MR) is 85.7 cm³/mol. The van der Waals surface area contributed by atoms with E-state index in [0.29, 0.717) is 0 Å². The monoisotopic (exact) mass is 280 g/mol. The summed E-state index contributed by atoms with van der Waals surface area (Å²) < 4.78 is 1.91. The summed E-state index contributed by atoms with van der Waals surface area (Å²) in [5.41, 5.74) is 6.26. The maximum absolute atomic E-state index is 5.86. The standard InChI is InChI=1S/C17H20N4/c1-3-13-11-16(21(2)20-13)17(19-18)15-10-6-8-12-7-4-5-9-14(12)15/h4-11,17,19H,3,18H2,1-2H3. The zero-order valence-electron chi connectivity index (χ0n) is 12.4. The first-order valence-electron chi connectivity index (χ1n) is 7.21. The van der Waals surface area contributed by atoms with Gasteiger partial charge in [0.1, 0.15) is 0 Å². The number of nitrogens with zero attached hydrogens (tertiary/aromatic N) is 2. The Morgan fingerprint density at radius 1 is 1.19 bits per heavy atom. The molecule has 3 N–H and O–H groups in total. The van der Waals surface area contributed by atoms with Gasteiger partial charge in [0.2, 0.25) is 0 Å². The van der Waals surface area contributed by atoms with Crippen molar-refractivity contribution in [1.82, 2.24) is 15.2 Å². The summed E-state index contributed by atoms with van der Waals surface area (Å²) in [6, 6.07) is 16.7. The van der Waals surface area contributed by atoms with Crippen LogP contribution in [0.15, 0.2) is 48.5 Å². The summed E-state index contributed by atoms with van der Waals surface area (Å²) >= 11 is 0. The molecule has 0 bridgehead atoms. The van der Waals surface area contributed by atoms with Gasteiger partial charge in [0.15, 0.2) is 0 Å². The van der Waals surface area contributed by atoms with Gasteiger partial charge in [-0.3, -0.25) is 10.5 Å². The normalized spacial score (nSPS) is 12.7. The number of aromatic nitrogens is 2. The van der Waals surface area contributed by atoms with Crippen molar-refractivity contribution in [3.63, 3.8) is 0 Å². The maximum Gasteiger partial charge on any atom is 0.0884 e. The molecule has 21 heavy (non-hydrogen) atoms. The molecular formula is C17H20N4. The van der Waals surface area contributed by atoms with Crippen molar-refractivity contribution >= 4 is 10.8 Å². The smallest absolute Gasteiger partial charge is 0.0884 e. The molecule has 1 aromatic heterocycles. The number of benzene rings is 2. The molecule has 0 spiro atoms. The third kappa shape index (κ3) is 2.44. The van der Waals surface area contributed by atoms with Crippen LogP contribution in [-0.2, 0) is 13.5 Å². The average Bonchev–Trinajstić information content (AvgIpc) is 2.89. The molecule has 0 fully saturated rings. The topological polar surface area (TPSA) is 55.9 Å². The second-order valence-corrected chi connectivity index (χ2v) is 5.21. The number of nitrogens with one attached hydrogen (secondary N) is 1. The second-order valence-electron chi connectivity index (χ2n) is 5.21. The van der Waals surface area contributed by atoms with Gasteiger partial charge in [-0.05, 0) is 28.8 Å². The highest BCUT2D eigenvalue weighted by Crippen LogP contribution is 2.28. The van der Waals surface area contributed by atoms with Crippen LogP contribution < -0.4 is 11.3 Å². The first kappa shape index (κ1) is 13.8. The van der Waals surface area contributed by atoms with Crippen LogP contribution in [0.1, 0.15) is 29.9 Å². The van der Waals surface area contributed by atoms with E-state index in [2.05, 4.69) is 66.0 Å². The van der Waals surface area contributed by atoms with Crippen LogP contribution in [0.4, 0.5) is 0 Å². The highest BCUT2D eigenvalue weighted by atomic mass is 15.3. The van der Waals surface area contributed by atoms with Crippen molar-refractivity contribution in [2.24, 2.45) is 12.9 Å². The summed E-state index contributed by atoms with van der Waals surface area (Å²) in [6.45, 7) is 2.11. The van der Waals surface area contributed by atoms with Crippen LogP contribution in [0.5, 0.6) is 0 Å². The van der Waals surface area contributed by atoms with Gasteiger partial charge in [-0.1, -0.05) is 49.4 Å². The van der Waals surface area contributed by atoms with Gasteiger partial charge >= 0.3 is 0 Å². The van der Waals surface area contributed by atoms with Crippen LogP contribution >= 0.6 is 0 Å². The molecule has 1 atom stereocenters. The number of fused-ring (bicyclic) bond motifs is 1. The van der Waals surface area contributed by atoms with E-state index in [-0.39, 0.29) is 6.04 Å². The quantitative estimate of drug-likeness (QED) is 0.570. The van der Waals surface area contributed by atoms with Crippen LogP contribution in [0.3, 0.4) is 0 Å². The molecule has 0 aliphatic rings. The van der Waals surface area contributed by atoms with Crippen LogP contribution in [0.25, 0.3) is 10.8 Å². The van der Waals surface area contributed by atoms with Gasteiger partial charge in [-0.15, -0.1) is 0 Å². The third-order valence-electron chi connectivity index (χ3n) is 3.93. The number of hydrogen-bond donors (Lipinski definition) is 2. The minimum Gasteiger partial charge on any atom is -0.271 e. The van der Waals surface area contributed by atoms with E-state index >= 15 is 0 Å². The Hall–Kier alpha value is -2.17. The molecule has 3 rings (SSSR count). The number of hydrazine groups is 1. The van der Waals surface area contributed by atoms with E-state index < -0.39 is 0 Å². The fraction of sp³-hybridized carbons (Fsp3) is 0.235. The Bertz CT molecular complexity index is 755. The first-order chi connectivity index (χ1) is 10.2. The predicted octanol–water partition coefficient (Wildman–Crippen LogP) is 2.69. The molecule has 0 aliphatic carbocycles. The molecule has 0 amide bonds. The van der Waals surface area contributed by atoms with Crippen molar-refractivity contribution in [2.45, 2.75) is 19.4 Å². The summed E-state index contributed by atoms with van der Waals surface area (Å²) in [5.74, 6) is 5.86. The fourth-order valence-corrected chi connectivity index (χ4v) is 2.82. The van der Waals surface area contributed by atoms with Crippen molar-refractivity contribution in [3.05, 3.63) is 65.5 Å². The highest BCUT2D eigenvalue weighted by Gasteiger charge is 2.19. The van der Waals surface area contributed by atoms with Crippen LogP contribution in [0, 0.1) is 0 Å². The summed E-state index contributed by atoms with van der Waals surface area (Å²) in [5, 5.41) is 6.95. The lowest BCUT2D eigenvalue weighted by molar-refractivity contribution is 0.576. The van der Waals surface area contributed by atoms with Gasteiger partial charge in [0.25, 0.3) is 0 Å². The average molecular weight is 280 g/mol. The minimum atomic E-state index is -0.0751. The number of aryl methyl sites for hydroxylation is 2. The van der Waals surface area contributed by atoms with Gasteiger partial charge in [0, 0.05) is 7.05 Å². The molecule has 1 unspecified atom stereocenters. The molecule has 0 radical (unpaired) electrons. The lowest BCUT2D eigenvalue weighted by Gasteiger charge is -2.18. The Labute approximate surface area is 124 Å². The molecule has 0 aliphatic heterocycles. The summed E-state index contributed by atoms with van der Waals surface area (Å²) in [6.07, 6.45) is 0.917. The fourth-order valence-electron chi connectivity index (χ4n) is 2.82. The van der Waals surface area contributed by atoms with Gasteiger partial charge in [-0.25, -0.2) is 5.43 Å². The molecule has 4 heteroatoms. The zero-order chi connectivity index (χ0) is 14.8. The summed E-state index contributed by atoms with van der Waals surface area (Å²) in [4.78, 5) is 0. The van der Waals surface area contributed by atoms with E-state index in [4.69, 9.17) is 5.84 Å². The summed E-state index contributed by atoms with van der Waals surface area (Å²) in [7, 11) is 1.96. The van der Waals surface area contributed by atoms with Crippen molar-refractivity contribution < 1.29 is 0 Å². The number of nitrogens with two attached hydrogens (primary N) is 1. The largest absolute Gasteiger partial charge is 0.271 e. The van der Waals surface area contributed by atoms with Crippen LogP contribution in [0.2, 0.25) is 0 Å². The lowest BCUT2D eigenvalue weighted by atomic mass is 9.97. The number of hydrogen-bond acceptors (Lipinski definition) is 3. The Balaban J connectivity index is 2.16. The third-order valence-corrected chi connectivity index (χ3v) is 3.93. The Kier molecular flexibility index (Phi) is 3.73. The minimum absolute atomic E-state index is 0.0751. The first-order valence-corrected chi connectivity index (χ1v) is 7.21. The second kappa shape index (κ2) is 5.68. The van der Waals surface area contributed by atoms with Crippen LogP contribution in [-0.4, -0.2) is 9.78 Å². The Morgan fingerprint density at radius 3 is 2.67 bits per heavy atom. The van der Waals surface area contributed by atoms with Gasteiger partial charge in [-0.2, -0.15) is 5.10 Å². The van der Waals surface area contributed by atoms with E-state index in [1.54, 1.807) is 0 Å².